The van der Waals surface area contributed by atoms with E-state index in [-0.39, 0.29) is 6.44 Å². The molecule has 0 aliphatic rings. The zero-order valence-corrected chi connectivity index (χ0v) is 4.49. The van der Waals surface area contributed by atoms with Crippen molar-refractivity contribution in [2.24, 2.45) is 0 Å². The summed E-state index contributed by atoms with van der Waals surface area (Å²) in [7, 11) is 1.04. The Labute approximate surface area is 42.5 Å². The molecule has 0 spiro atoms. The second-order valence-electron chi connectivity index (χ2n) is 1.65. The van der Waals surface area contributed by atoms with E-state index < -0.39 is 7.27 Å². The maximum atomic E-state index is 11.2. The van der Waals surface area contributed by atoms with Crippen molar-refractivity contribution < 1.29 is 8.63 Å². The highest BCUT2D eigenvalue weighted by Crippen LogP contribution is 1.85. The Kier molecular flexibility index (Phi) is 2.91. The summed E-state index contributed by atoms with van der Waals surface area (Å²) in [5.41, 5.74) is 0. The molecule has 0 aliphatic carbocycles. The van der Waals surface area contributed by atoms with Gasteiger partial charge in [-0.15, -0.1) is 0 Å². The highest BCUT2D eigenvalue weighted by molar-refractivity contribution is 6.42. The molecule has 0 fully saturated rings. The largest absolute Gasteiger partial charge is 0.551 e. The van der Waals surface area contributed by atoms with Gasteiger partial charge in [0.15, 0.2) is 0 Å². The van der Waals surface area contributed by atoms with Crippen LogP contribution in [0, 0.1) is 0 Å². The second-order valence-corrected chi connectivity index (χ2v) is 1.65. The van der Waals surface area contributed by atoms with Crippen molar-refractivity contribution in [3.63, 3.8) is 0 Å². The molecule has 0 unspecified atom stereocenters. The molecule has 0 aromatic rings. The summed E-state index contributed by atoms with van der Waals surface area (Å²) in [6.07, 6.45) is -0.139. The first kappa shape index (κ1) is 6.88. The van der Waals surface area contributed by atoms with Crippen molar-refractivity contribution in [3.05, 3.63) is 0 Å². The van der Waals surface area contributed by atoms with E-state index >= 15 is 0 Å². The molecule has 0 N–H and O–H groups in total. The first-order valence-corrected chi connectivity index (χ1v) is 2.06. The van der Waals surface area contributed by atoms with Crippen molar-refractivity contribution in [1.82, 2.24) is 4.90 Å². The van der Waals surface area contributed by atoms with Gasteiger partial charge in [-0.3, -0.25) is 8.63 Å². The summed E-state index contributed by atoms with van der Waals surface area (Å²) < 4.78 is 22.5. The van der Waals surface area contributed by atoms with Crippen LogP contribution >= 0.6 is 0 Å². The molecule has 0 atom stereocenters. The first-order valence-electron chi connectivity index (χ1n) is 2.06. The smallest absolute Gasteiger partial charge is 0.311 e. The quantitative estimate of drug-likeness (QED) is 0.464. The molecule has 0 aromatic heterocycles. The van der Waals surface area contributed by atoms with Gasteiger partial charge in [-0.25, -0.2) is 0 Å². The SMILES string of the molecule is CN(C)CB(F)F. The van der Waals surface area contributed by atoms with Crippen LogP contribution in [0.1, 0.15) is 0 Å². The fourth-order valence-corrected chi connectivity index (χ4v) is 0.276. The van der Waals surface area contributed by atoms with Gasteiger partial charge in [-0.2, -0.15) is 0 Å². The van der Waals surface area contributed by atoms with Gasteiger partial charge in [-0.1, -0.05) is 0 Å². The Balaban J connectivity index is 2.95. The summed E-state index contributed by atoms with van der Waals surface area (Å²) in [6, 6.07) is 0. The minimum Gasteiger partial charge on any atom is -0.311 e. The van der Waals surface area contributed by atoms with Gasteiger partial charge in [0, 0.05) is 6.44 Å². The molecular weight excluding hydrogens is 98.8 g/mol. The Bertz CT molecular complexity index is 42.2. The van der Waals surface area contributed by atoms with Gasteiger partial charge in [0.2, 0.25) is 0 Å². The number of rotatable bonds is 2. The molecule has 4 heteroatoms. The Hall–Kier alpha value is -0.115. The van der Waals surface area contributed by atoms with Crippen LogP contribution in [-0.4, -0.2) is 32.7 Å². The van der Waals surface area contributed by atoms with E-state index in [9.17, 15) is 8.63 Å². The van der Waals surface area contributed by atoms with Crippen molar-refractivity contribution in [2.75, 3.05) is 20.5 Å². The number of halogens is 2. The molecule has 42 valence electrons. The summed E-state index contributed by atoms with van der Waals surface area (Å²) in [5.74, 6) is 0. The lowest BCUT2D eigenvalue weighted by Gasteiger charge is -2.03. The summed E-state index contributed by atoms with van der Waals surface area (Å²) in [4.78, 5) is 1.45. The van der Waals surface area contributed by atoms with Crippen LogP contribution in [0.25, 0.3) is 0 Å². The third-order valence-corrected chi connectivity index (χ3v) is 0.503. The molecular formula is C3H8BF2N. The van der Waals surface area contributed by atoms with Gasteiger partial charge in [0.1, 0.15) is 0 Å². The average Bonchev–Trinajstić information content (AvgIpc) is 1.27. The highest BCUT2D eigenvalue weighted by atomic mass is 19.2. The predicted octanol–water partition coefficient (Wildman–Crippen LogP) is 0.514. The van der Waals surface area contributed by atoms with E-state index in [1.54, 1.807) is 14.1 Å². The normalized spacial score (nSPS) is 9.86. The van der Waals surface area contributed by atoms with Crippen molar-refractivity contribution in [2.45, 2.75) is 0 Å². The van der Waals surface area contributed by atoms with Gasteiger partial charge in [0.25, 0.3) is 0 Å². The van der Waals surface area contributed by atoms with Crippen LogP contribution in [0.2, 0.25) is 0 Å². The molecule has 0 aromatic carbocycles. The lowest BCUT2D eigenvalue weighted by atomic mass is 10.00. The van der Waals surface area contributed by atoms with E-state index in [0.29, 0.717) is 0 Å². The van der Waals surface area contributed by atoms with Gasteiger partial charge in [0.05, 0.1) is 0 Å². The van der Waals surface area contributed by atoms with Crippen LogP contribution in [0.4, 0.5) is 8.63 Å². The molecule has 7 heavy (non-hydrogen) atoms. The molecule has 0 amide bonds. The highest BCUT2D eigenvalue weighted by Gasteiger charge is 2.11. The Morgan fingerprint density at radius 3 is 1.86 bits per heavy atom. The number of hydrogen-bond donors (Lipinski definition) is 0. The van der Waals surface area contributed by atoms with Gasteiger partial charge >= 0.3 is 7.27 Å². The van der Waals surface area contributed by atoms with E-state index in [4.69, 9.17) is 0 Å². The fraction of sp³-hybridized carbons (Fsp3) is 1.00. The molecule has 0 saturated heterocycles. The van der Waals surface area contributed by atoms with Crippen LogP contribution in [0.5, 0.6) is 0 Å². The first-order chi connectivity index (χ1) is 3.13. The Morgan fingerprint density at radius 2 is 1.86 bits per heavy atom. The number of nitrogens with zero attached hydrogens (tertiary/aromatic N) is 1. The van der Waals surface area contributed by atoms with E-state index in [1.165, 1.54) is 4.90 Å². The molecule has 0 radical (unpaired) electrons. The number of hydrogen-bond acceptors (Lipinski definition) is 1. The zero-order valence-electron chi connectivity index (χ0n) is 4.49. The predicted molar refractivity (Wildman–Crippen MR) is 26.5 cm³/mol. The molecule has 0 saturated carbocycles. The van der Waals surface area contributed by atoms with Crippen LogP contribution in [-0.2, 0) is 0 Å². The van der Waals surface area contributed by atoms with Crippen LogP contribution < -0.4 is 0 Å². The standard InChI is InChI=1S/C3H8BF2N/c1-7(2)3-4(5)6/h3H2,1-2H3. The molecule has 0 aliphatic heterocycles. The monoisotopic (exact) mass is 107 g/mol. The molecule has 0 rings (SSSR count). The summed E-state index contributed by atoms with van der Waals surface area (Å²) in [6.45, 7) is 0. The van der Waals surface area contributed by atoms with Crippen molar-refractivity contribution in [1.29, 1.82) is 0 Å². The maximum Gasteiger partial charge on any atom is 0.551 e. The summed E-state index contributed by atoms with van der Waals surface area (Å²) in [5, 5.41) is 0. The lowest BCUT2D eigenvalue weighted by Crippen LogP contribution is -2.22. The van der Waals surface area contributed by atoms with Crippen LogP contribution in [0.3, 0.4) is 0 Å². The molecule has 0 bridgehead atoms. The maximum absolute atomic E-state index is 11.2. The molecule has 0 heterocycles. The fourth-order valence-electron chi connectivity index (χ4n) is 0.276. The third kappa shape index (κ3) is 5.88. The zero-order chi connectivity index (χ0) is 5.86. The van der Waals surface area contributed by atoms with E-state index in [2.05, 4.69) is 0 Å². The van der Waals surface area contributed by atoms with Gasteiger partial charge < -0.3 is 4.90 Å². The van der Waals surface area contributed by atoms with Crippen molar-refractivity contribution in [3.8, 4) is 0 Å². The minimum atomic E-state index is -2.20. The minimum absolute atomic E-state index is 0.139. The molecule has 1 nitrogen and oxygen atoms in total. The average molecular weight is 107 g/mol. The van der Waals surface area contributed by atoms with Gasteiger partial charge in [-0.05, 0) is 14.1 Å². The van der Waals surface area contributed by atoms with Crippen molar-refractivity contribution >= 4 is 7.27 Å². The lowest BCUT2D eigenvalue weighted by molar-refractivity contribution is 0.443. The van der Waals surface area contributed by atoms with E-state index in [0.717, 1.165) is 0 Å². The Morgan fingerprint density at radius 1 is 1.43 bits per heavy atom. The van der Waals surface area contributed by atoms with Crippen LogP contribution in [0.15, 0.2) is 0 Å². The topological polar surface area (TPSA) is 3.24 Å². The summed E-state index contributed by atoms with van der Waals surface area (Å²) >= 11 is 0. The van der Waals surface area contributed by atoms with E-state index in [1.807, 2.05) is 0 Å². The third-order valence-electron chi connectivity index (χ3n) is 0.503. The second kappa shape index (κ2) is 2.96.